The summed E-state index contributed by atoms with van der Waals surface area (Å²) in [4.78, 5) is 21.3. The van der Waals surface area contributed by atoms with Gasteiger partial charge in [-0.15, -0.1) is 0 Å². The first-order chi connectivity index (χ1) is 6.24. The quantitative estimate of drug-likeness (QED) is 0.782. The van der Waals surface area contributed by atoms with Gasteiger partial charge in [0.15, 0.2) is 0 Å². The zero-order chi connectivity index (χ0) is 9.68. The molecule has 0 N–H and O–H groups in total. The molecular weight excluding hydrogens is 252 g/mol. The number of rotatable bonds is 3. The van der Waals surface area contributed by atoms with Crippen LogP contribution < -0.4 is 0 Å². The third-order valence-electron chi connectivity index (χ3n) is 1.36. The van der Waals surface area contributed by atoms with Crippen molar-refractivity contribution in [3.8, 4) is 0 Å². The minimum Gasteiger partial charge on any atom is -0.302 e. The average molecular weight is 259 g/mol. The van der Waals surface area contributed by atoms with Gasteiger partial charge in [-0.05, 0) is 24.3 Å². The fraction of sp³-hybridized carbons (Fsp3) is 0.111. The second kappa shape index (κ2) is 5.19. The summed E-state index contributed by atoms with van der Waals surface area (Å²) in [5.74, 6) is 0.217. The number of hydrogen-bond acceptors (Lipinski definition) is 3. The molecule has 4 heteroatoms. The van der Waals surface area contributed by atoms with Gasteiger partial charge in [-0.25, -0.2) is 0 Å². The van der Waals surface area contributed by atoms with E-state index >= 15 is 0 Å². The van der Waals surface area contributed by atoms with Gasteiger partial charge in [-0.2, -0.15) is 0 Å². The zero-order valence-corrected chi connectivity index (χ0v) is 9.10. The molecule has 2 nitrogen and oxygen atoms in total. The first-order valence-electron chi connectivity index (χ1n) is 3.60. The van der Waals surface area contributed by atoms with Crippen molar-refractivity contribution in [1.29, 1.82) is 0 Å². The van der Waals surface area contributed by atoms with E-state index in [1.165, 1.54) is 0 Å². The fourth-order valence-electron chi connectivity index (χ4n) is 0.779. The molecule has 0 radical (unpaired) electrons. The van der Waals surface area contributed by atoms with Crippen molar-refractivity contribution in [2.24, 2.45) is 0 Å². The van der Waals surface area contributed by atoms with E-state index in [0.717, 1.165) is 22.5 Å². The van der Waals surface area contributed by atoms with Crippen LogP contribution in [0, 0.1) is 0 Å². The summed E-state index contributed by atoms with van der Waals surface area (Å²) in [6.07, 6.45) is 0.724. The van der Waals surface area contributed by atoms with Crippen molar-refractivity contribution in [3.05, 3.63) is 34.3 Å². The first kappa shape index (κ1) is 10.5. The molecule has 13 heavy (non-hydrogen) atoms. The van der Waals surface area contributed by atoms with Crippen LogP contribution in [-0.2, 0) is 4.79 Å². The second-order valence-corrected chi connectivity index (χ2v) is 4.18. The molecule has 1 rings (SSSR count). The molecule has 0 amide bonds. The van der Waals surface area contributed by atoms with Crippen LogP contribution in [0.2, 0.25) is 0 Å². The molecule has 1 aromatic carbocycles. The Morgan fingerprint density at radius 1 is 1.38 bits per heavy atom. The molecule has 0 bridgehead atoms. The van der Waals surface area contributed by atoms with Crippen LogP contribution >= 0.6 is 27.7 Å². The molecule has 0 atom stereocenters. The number of carbonyl (C=O) groups excluding carboxylic acids is 2. The van der Waals surface area contributed by atoms with E-state index in [9.17, 15) is 9.59 Å². The maximum atomic E-state index is 11.3. The normalized spacial score (nSPS) is 9.62. The molecule has 0 aliphatic carbocycles. The van der Waals surface area contributed by atoms with Gasteiger partial charge < -0.3 is 4.79 Å². The lowest BCUT2D eigenvalue weighted by Gasteiger charge is -1.97. The molecule has 0 heterocycles. The van der Waals surface area contributed by atoms with Gasteiger partial charge in [0.05, 0.1) is 5.75 Å². The van der Waals surface area contributed by atoms with E-state index in [4.69, 9.17) is 0 Å². The van der Waals surface area contributed by atoms with Gasteiger partial charge in [0, 0.05) is 10.0 Å². The first-order valence-corrected chi connectivity index (χ1v) is 5.38. The Kier molecular flexibility index (Phi) is 4.18. The molecule has 0 aromatic heterocycles. The highest BCUT2D eigenvalue weighted by Crippen LogP contribution is 2.15. The lowest BCUT2D eigenvalue weighted by atomic mass is 10.2. The Morgan fingerprint density at radius 2 is 2.00 bits per heavy atom. The van der Waals surface area contributed by atoms with E-state index in [-0.39, 0.29) is 10.9 Å². The summed E-state index contributed by atoms with van der Waals surface area (Å²) in [6, 6.07) is 7.05. The standard InChI is InChI=1S/C9H7BrO2S/c10-8-3-1-7(2-4-8)9(12)13-6-5-11/h1-5H,6H2. The van der Waals surface area contributed by atoms with Gasteiger partial charge in [0.25, 0.3) is 0 Å². The van der Waals surface area contributed by atoms with Crippen molar-refractivity contribution >= 4 is 39.1 Å². The largest absolute Gasteiger partial charge is 0.302 e. The van der Waals surface area contributed by atoms with Crippen molar-refractivity contribution in [2.45, 2.75) is 0 Å². The van der Waals surface area contributed by atoms with Crippen LogP contribution in [-0.4, -0.2) is 17.2 Å². The van der Waals surface area contributed by atoms with Crippen LogP contribution in [0.25, 0.3) is 0 Å². The number of halogens is 1. The predicted octanol–water partition coefficient (Wildman–Crippen LogP) is 2.52. The van der Waals surface area contributed by atoms with Crippen LogP contribution in [0.3, 0.4) is 0 Å². The maximum Gasteiger partial charge on any atom is 0.219 e. The lowest BCUT2D eigenvalue weighted by Crippen LogP contribution is -1.94. The van der Waals surface area contributed by atoms with E-state index in [1.54, 1.807) is 24.3 Å². The third kappa shape index (κ3) is 3.32. The highest BCUT2D eigenvalue weighted by Gasteiger charge is 2.04. The maximum absolute atomic E-state index is 11.3. The lowest BCUT2D eigenvalue weighted by molar-refractivity contribution is -0.105. The fourth-order valence-corrected chi connectivity index (χ4v) is 1.57. The minimum absolute atomic E-state index is 0.0698. The summed E-state index contributed by atoms with van der Waals surface area (Å²) in [5, 5.41) is -0.0698. The molecular formula is C9H7BrO2S. The number of benzene rings is 1. The van der Waals surface area contributed by atoms with Crippen LogP contribution in [0.4, 0.5) is 0 Å². The molecule has 0 aliphatic rings. The Hall–Kier alpha value is -0.610. The number of thioether (sulfide) groups is 1. The average Bonchev–Trinajstić information content (AvgIpc) is 2.15. The Balaban J connectivity index is 2.66. The van der Waals surface area contributed by atoms with E-state index < -0.39 is 0 Å². The van der Waals surface area contributed by atoms with E-state index in [0.29, 0.717) is 5.56 Å². The van der Waals surface area contributed by atoms with Crippen molar-refractivity contribution in [1.82, 2.24) is 0 Å². The van der Waals surface area contributed by atoms with E-state index in [1.807, 2.05) is 0 Å². The molecule has 0 spiro atoms. The number of hydrogen-bond donors (Lipinski definition) is 0. The summed E-state index contributed by atoms with van der Waals surface area (Å²) in [5.41, 5.74) is 0.620. The summed E-state index contributed by atoms with van der Waals surface area (Å²) >= 11 is 4.29. The molecule has 0 fully saturated rings. The molecule has 1 aromatic rings. The molecule has 0 aliphatic heterocycles. The number of carbonyl (C=O) groups is 2. The van der Waals surface area contributed by atoms with Gasteiger partial charge in [-0.1, -0.05) is 27.7 Å². The third-order valence-corrected chi connectivity index (χ3v) is 2.69. The van der Waals surface area contributed by atoms with Crippen LogP contribution in [0.5, 0.6) is 0 Å². The molecule has 0 saturated carbocycles. The monoisotopic (exact) mass is 258 g/mol. The summed E-state index contributed by atoms with van der Waals surface area (Å²) in [6.45, 7) is 0. The highest BCUT2D eigenvalue weighted by atomic mass is 79.9. The van der Waals surface area contributed by atoms with Gasteiger partial charge >= 0.3 is 0 Å². The molecule has 68 valence electrons. The number of aldehydes is 1. The van der Waals surface area contributed by atoms with Gasteiger partial charge in [0.1, 0.15) is 6.29 Å². The smallest absolute Gasteiger partial charge is 0.219 e. The summed E-state index contributed by atoms with van der Waals surface area (Å²) in [7, 11) is 0. The molecule has 0 saturated heterocycles. The Bertz CT molecular complexity index is 308. The Morgan fingerprint density at radius 3 is 2.54 bits per heavy atom. The van der Waals surface area contributed by atoms with E-state index in [2.05, 4.69) is 15.9 Å². The van der Waals surface area contributed by atoms with Crippen LogP contribution in [0.1, 0.15) is 10.4 Å². The SMILES string of the molecule is O=CCSC(=O)c1ccc(Br)cc1. The van der Waals surface area contributed by atoms with Crippen LogP contribution in [0.15, 0.2) is 28.7 Å². The zero-order valence-electron chi connectivity index (χ0n) is 6.70. The van der Waals surface area contributed by atoms with Gasteiger partial charge in [0.2, 0.25) is 5.12 Å². The van der Waals surface area contributed by atoms with Crippen molar-refractivity contribution in [2.75, 3.05) is 5.75 Å². The minimum atomic E-state index is -0.0698. The predicted molar refractivity (Wildman–Crippen MR) is 57.0 cm³/mol. The summed E-state index contributed by atoms with van der Waals surface area (Å²) < 4.78 is 0.935. The second-order valence-electron chi connectivity index (χ2n) is 2.27. The topological polar surface area (TPSA) is 34.1 Å². The van der Waals surface area contributed by atoms with Crippen molar-refractivity contribution < 1.29 is 9.59 Å². The van der Waals surface area contributed by atoms with Crippen molar-refractivity contribution in [3.63, 3.8) is 0 Å². The Labute approximate surface area is 88.8 Å². The van der Waals surface area contributed by atoms with Gasteiger partial charge in [-0.3, -0.25) is 4.79 Å². The highest BCUT2D eigenvalue weighted by molar-refractivity contribution is 9.10. The molecule has 0 unspecified atom stereocenters.